The molecular formula is C14H16N2O3. The number of carbonyl (C=O) groups is 1. The van der Waals surface area contributed by atoms with E-state index in [0.29, 0.717) is 12.4 Å². The minimum atomic E-state index is -0.666. The highest BCUT2D eigenvalue weighted by Crippen LogP contribution is 2.25. The van der Waals surface area contributed by atoms with Crippen molar-refractivity contribution in [1.82, 2.24) is 10.1 Å². The summed E-state index contributed by atoms with van der Waals surface area (Å²) in [6.45, 7) is 5.76. The molecule has 0 radical (unpaired) electrons. The van der Waals surface area contributed by atoms with Gasteiger partial charge >= 0.3 is 5.97 Å². The van der Waals surface area contributed by atoms with Gasteiger partial charge in [-0.1, -0.05) is 35.0 Å². The van der Waals surface area contributed by atoms with Crippen LogP contribution in [0, 0.1) is 13.8 Å². The molecule has 0 amide bonds. The van der Waals surface area contributed by atoms with Gasteiger partial charge in [0.25, 0.3) is 0 Å². The lowest BCUT2D eigenvalue weighted by atomic mass is 9.97. The van der Waals surface area contributed by atoms with Gasteiger partial charge in [0, 0.05) is 0 Å². The molecule has 1 heterocycles. The Morgan fingerprint density at radius 2 is 2.21 bits per heavy atom. The summed E-state index contributed by atoms with van der Waals surface area (Å²) >= 11 is 0. The number of rotatable bonds is 4. The first-order valence-electron chi connectivity index (χ1n) is 6.15. The van der Waals surface area contributed by atoms with E-state index in [1.165, 1.54) is 0 Å². The van der Waals surface area contributed by atoms with Crippen molar-refractivity contribution in [2.24, 2.45) is 0 Å². The standard InChI is InChI=1S/C14H16N2O3/c1-4-18-14(17)12(13-15-10(3)16-19-13)11-7-5-6-9(2)8-11/h5-8,12H,4H2,1-3H3. The molecule has 0 saturated carbocycles. The number of hydrogen-bond donors (Lipinski definition) is 0. The maximum Gasteiger partial charge on any atom is 0.323 e. The van der Waals surface area contributed by atoms with Crippen LogP contribution < -0.4 is 0 Å². The van der Waals surface area contributed by atoms with Crippen LogP contribution in [-0.4, -0.2) is 22.7 Å². The van der Waals surface area contributed by atoms with E-state index in [-0.39, 0.29) is 11.9 Å². The second-order valence-electron chi connectivity index (χ2n) is 4.28. The first-order valence-corrected chi connectivity index (χ1v) is 6.15. The number of carbonyl (C=O) groups excluding carboxylic acids is 1. The molecule has 0 aliphatic carbocycles. The fraction of sp³-hybridized carbons (Fsp3) is 0.357. The van der Waals surface area contributed by atoms with Crippen LogP contribution in [0.2, 0.25) is 0 Å². The van der Waals surface area contributed by atoms with Crippen molar-refractivity contribution in [3.8, 4) is 0 Å². The molecule has 0 saturated heterocycles. The molecule has 0 spiro atoms. The van der Waals surface area contributed by atoms with E-state index in [1.54, 1.807) is 13.8 Å². The minimum Gasteiger partial charge on any atom is -0.465 e. The Morgan fingerprint density at radius 1 is 1.42 bits per heavy atom. The molecule has 1 unspecified atom stereocenters. The molecular weight excluding hydrogens is 244 g/mol. The molecule has 1 atom stereocenters. The molecule has 0 bridgehead atoms. The van der Waals surface area contributed by atoms with Gasteiger partial charge in [-0.3, -0.25) is 4.79 Å². The molecule has 5 heteroatoms. The lowest BCUT2D eigenvalue weighted by molar-refractivity contribution is -0.144. The Hall–Kier alpha value is -2.17. The molecule has 5 nitrogen and oxygen atoms in total. The first-order chi connectivity index (χ1) is 9.11. The Morgan fingerprint density at radius 3 is 2.79 bits per heavy atom. The van der Waals surface area contributed by atoms with Gasteiger partial charge in [0.15, 0.2) is 11.7 Å². The van der Waals surface area contributed by atoms with E-state index in [0.717, 1.165) is 11.1 Å². The van der Waals surface area contributed by atoms with Crippen LogP contribution in [0.3, 0.4) is 0 Å². The number of esters is 1. The third-order valence-corrected chi connectivity index (χ3v) is 2.69. The third-order valence-electron chi connectivity index (χ3n) is 2.69. The summed E-state index contributed by atoms with van der Waals surface area (Å²) < 4.78 is 10.2. The van der Waals surface area contributed by atoms with Crippen molar-refractivity contribution in [2.75, 3.05) is 6.61 Å². The van der Waals surface area contributed by atoms with Gasteiger partial charge in [0.1, 0.15) is 0 Å². The maximum atomic E-state index is 12.1. The molecule has 2 rings (SSSR count). The van der Waals surface area contributed by atoms with Gasteiger partial charge < -0.3 is 9.26 Å². The van der Waals surface area contributed by atoms with E-state index in [1.807, 2.05) is 31.2 Å². The van der Waals surface area contributed by atoms with Crippen LogP contribution in [0.25, 0.3) is 0 Å². The van der Waals surface area contributed by atoms with Gasteiger partial charge in [-0.05, 0) is 26.3 Å². The van der Waals surface area contributed by atoms with Crippen molar-refractivity contribution < 1.29 is 14.1 Å². The van der Waals surface area contributed by atoms with Crippen molar-refractivity contribution >= 4 is 5.97 Å². The van der Waals surface area contributed by atoms with Gasteiger partial charge in [-0.2, -0.15) is 4.98 Å². The van der Waals surface area contributed by atoms with E-state index in [4.69, 9.17) is 9.26 Å². The number of aromatic nitrogens is 2. The van der Waals surface area contributed by atoms with Crippen LogP contribution in [0.15, 0.2) is 28.8 Å². The number of benzene rings is 1. The fourth-order valence-electron chi connectivity index (χ4n) is 1.89. The molecule has 0 aliphatic rings. The number of hydrogen-bond acceptors (Lipinski definition) is 5. The fourth-order valence-corrected chi connectivity index (χ4v) is 1.89. The summed E-state index contributed by atoms with van der Waals surface area (Å²) in [5.74, 6) is -0.281. The second kappa shape index (κ2) is 5.65. The largest absolute Gasteiger partial charge is 0.465 e. The zero-order chi connectivity index (χ0) is 13.8. The number of aryl methyl sites for hydroxylation is 2. The van der Waals surface area contributed by atoms with Crippen LogP contribution in [0.1, 0.15) is 35.7 Å². The summed E-state index contributed by atoms with van der Waals surface area (Å²) in [6.07, 6.45) is 0. The summed E-state index contributed by atoms with van der Waals surface area (Å²) in [6, 6.07) is 7.63. The molecule has 1 aromatic carbocycles. The average molecular weight is 260 g/mol. The van der Waals surface area contributed by atoms with Gasteiger partial charge in [-0.25, -0.2) is 0 Å². The van der Waals surface area contributed by atoms with Gasteiger partial charge in [0.2, 0.25) is 5.89 Å². The third kappa shape index (κ3) is 2.99. The van der Waals surface area contributed by atoms with Crippen LogP contribution in [0.4, 0.5) is 0 Å². The van der Waals surface area contributed by atoms with E-state index in [2.05, 4.69) is 10.1 Å². The van der Waals surface area contributed by atoms with E-state index < -0.39 is 5.92 Å². The zero-order valence-electron chi connectivity index (χ0n) is 11.2. The van der Waals surface area contributed by atoms with E-state index in [9.17, 15) is 4.79 Å². The zero-order valence-corrected chi connectivity index (χ0v) is 11.2. The van der Waals surface area contributed by atoms with E-state index >= 15 is 0 Å². The summed E-state index contributed by atoms with van der Waals surface area (Å²) in [5, 5.41) is 3.73. The topological polar surface area (TPSA) is 65.2 Å². The lowest BCUT2D eigenvalue weighted by Crippen LogP contribution is -2.17. The summed E-state index contributed by atoms with van der Waals surface area (Å²) in [4.78, 5) is 16.3. The number of nitrogens with zero attached hydrogens (tertiary/aromatic N) is 2. The molecule has 2 aromatic rings. The highest BCUT2D eigenvalue weighted by Gasteiger charge is 2.29. The monoisotopic (exact) mass is 260 g/mol. The Balaban J connectivity index is 2.42. The highest BCUT2D eigenvalue weighted by atomic mass is 16.5. The van der Waals surface area contributed by atoms with Gasteiger partial charge in [-0.15, -0.1) is 0 Å². The molecule has 100 valence electrons. The molecule has 0 aliphatic heterocycles. The minimum absolute atomic E-state index is 0.265. The normalized spacial score (nSPS) is 12.2. The van der Waals surface area contributed by atoms with Crippen molar-refractivity contribution in [3.05, 3.63) is 47.1 Å². The highest BCUT2D eigenvalue weighted by molar-refractivity contribution is 5.80. The van der Waals surface area contributed by atoms with Crippen molar-refractivity contribution in [1.29, 1.82) is 0 Å². The smallest absolute Gasteiger partial charge is 0.323 e. The Bertz CT molecular complexity index is 578. The maximum absolute atomic E-state index is 12.1. The predicted molar refractivity (Wildman–Crippen MR) is 68.7 cm³/mol. The first kappa shape index (κ1) is 13.3. The summed E-state index contributed by atoms with van der Waals surface area (Å²) in [7, 11) is 0. The Labute approximate surface area is 111 Å². The molecule has 0 fully saturated rings. The molecule has 19 heavy (non-hydrogen) atoms. The van der Waals surface area contributed by atoms with Gasteiger partial charge in [0.05, 0.1) is 6.61 Å². The average Bonchev–Trinajstić information content (AvgIpc) is 2.76. The molecule has 1 aromatic heterocycles. The van der Waals surface area contributed by atoms with Crippen LogP contribution >= 0.6 is 0 Å². The summed E-state index contributed by atoms with van der Waals surface area (Å²) in [5.41, 5.74) is 1.85. The molecule has 0 N–H and O–H groups in total. The van der Waals surface area contributed by atoms with Crippen molar-refractivity contribution in [2.45, 2.75) is 26.7 Å². The Kier molecular flexibility index (Phi) is 3.94. The quantitative estimate of drug-likeness (QED) is 0.790. The van der Waals surface area contributed by atoms with Crippen LogP contribution in [0.5, 0.6) is 0 Å². The SMILES string of the molecule is CCOC(=O)C(c1cccc(C)c1)c1nc(C)no1. The predicted octanol–water partition coefficient (Wildman–Crippen LogP) is 2.38. The lowest BCUT2D eigenvalue weighted by Gasteiger charge is -2.12. The second-order valence-corrected chi connectivity index (χ2v) is 4.28. The number of ether oxygens (including phenoxy) is 1. The van der Waals surface area contributed by atoms with Crippen molar-refractivity contribution in [3.63, 3.8) is 0 Å². The van der Waals surface area contributed by atoms with Crippen LogP contribution in [-0.2, 0) is 9.53 Å².